The highest BCUT2D eigenvalue weighted by molar-refractivity contribution is 5.93. The first-order valence-electron chi connectivity index (χ1n) is 8.71. The van der Waals surface area contributed by atoms with Crippen molar-refractivity contribution in [3.05, 3.63) is 71.7 Å². The van der Waals surface area contributed by atoms with Crippen LogP contribution in [0, 0.1) is 5.82 Å². The molecule has 6 nitrogen and oxygen atoms in total. The van der Waals surface area contributed by atoms with Gasteiger partial charge in [-0.2, -0.15) is 5.10 Å². The summed E-state index contributed by atoms with van der Waals surface area (Å²) in [5, 5.41) is 7.70. The number of aromatic nitrogens is 2. The van der Waals surface area contributed by atoms with Gasteiger partial charge in [0.15, 0.2) is 0 Å². The molecule has 2 heterocycles. The molecule has 3 aromatic rings. The third kappa shape index (κ3) is 3.47. The van der Waals surface area contributed by atoms with Crippen LogP contribution in [0.5, 0.6) is 0 Å². The number of carbonyl (C=O) groups is 1. The third-order valence-corrected chi connectivity index (χ3v) is 4.55. The molecule has 0 aliphatic carbocycles. The first kappa shape index (κ1) is 17.4. The van der Waals surface area contributed by atoms with Crippen LogP contribution in [-0.4, -0.2) is 35.4 Å². The molecule has 0 unspecified atom stereocenters. The molecule has 0 bridgehead atoms. The predicted molar refractivity (Wildman–Crippen MR) is 99.0 cm³/mol. The summed E-state index contributed by atoms with van der Waals surface area (Å²) in [6.07, 6.45) is -0.00462. The van der Waals surface area contributed by atoms with Crippen molar-refractivity contribution in [1.82, 2.24) is 15.1 Å². The Labute approximate surface area is 155 Å². The van der Waals surface area contributed by atoms with Crippen LogP contribution in [0.15, 0.2) is 54.6 Å². The molecule has 138 valence electrons. The number of amides is 1. The summed E-state index contributed by atoms with van der Waals surface area (Å²) in [6, 6.07) is 15.3. The lowest BCUT2D eigenvalue weighted by molar-refractivity contribution is 0.0277. The van der Waals surface area contributed by atoms with Gasteiger partial charge in [0.25, 0.3) is 5.91 Å². The van der Waals surface area contributed by atoms with Gasteiger partial charge in [0.1, 0.15) is 11.5 Å². The van der Waals surface area contributed by atoms with Crippen molar-refractivity contribution in [2.45, 2.75) is 6.10 Å². The van der Waals surface area contributed by atoms with Crippen molar-refractivity contribution in [2.75, 3.05) is 19.7 Å². The molecule has 1 aliphatic rings. The predicted octanol–water partition coefficient (Wildman–Crippen LogP) is 2.44. The van der Waals surface area contributed by atoms with E-state index in [4.69, 9.17) is 10.5 Å². The van der Waals surface area contributed by atoms with E-state index in [2.05, 4.69) is 10.4 Å². The molecular formula is C20H19FN4O2. The number of rotatable bonds is 4. The molecule has 27 heavy (non-hydrogen) atoms. The molecule has 3 N–H and O–H groups in total. The van der Waals surface area contributed by atoms with E-state index in [1.54, 1.807) is 18.2 Å². The Morgan fingerprint density at radius 1 is 1.22 bits per heavy atom. The number of ether oxygens (including phenoxy) is 1. The minimum absolute atomic E-state index is 0.00462. The molecule has 1 saturated heterocycles. The first-order chi connectivity index (χ1) is 13.1. The van der Waals surface area contributed by atoms with Gasteiger partial charge in [0.05, 0.1) is 24.1 Å². The Kier molecular flexibility index (Phi) is 4.70. The molecule has 1 amide bonds. The van der Waals surface area contributed by atoms with Gasteiger partial charge < -0.3 is 15.8 Å². The summed E-state index contributed by atoms with van der Waals surface area (Å²) in [4.78, 5) is 11.9. The average Bonchev–Trinajstić information content (AvgIpc) is 3.15. The summed E-state index contributed by atoms with van der Waals surface area (Å²) < 4.78 is 21.3. The molecule has 1 aromatic heterocycles. The quantitative estimate of drug-likeness (QED) is 0.743. The van der Waals surface area contributed by atoms with Crippen LogP contribution in [0.25, 0.3) is 16.9 Å². The van der Waals surface area contributed by atoms with Gasteiger partial charge in [-0.3, -0.25) is 4.79 Å². The number of nitrogens with two attached hydrogens (primary N) is 1. The fourth-order valence-corrected chi connectivity index (χ4v) is 3.16. The molecule has 4 rings (SSSR count). The van der Waals surface area contributed by atoms with Crippen LogP contribution in [0.2, 0.25) is 0 Å². The van der Waals surface area contributed by atoms with Gasteiger partial charge in [-0.25, -0.2) is 9.07 Å². The highest BCUT2D eigenvalue weighted by atomic mass is 19.1. The van der Waals surface area contributed by atoms with E-state index in [0.717, 1.165) is 18.7 Å². The van der Waals surface area contributed by atoms with Crippen LogP contribution in [0.3, 0.4) is 0 Å². The lowest BCUT2D eigenvalue weighted by atomic mass is 10.1. The number of benzene rings is 2. The van der Waals surface area contributed by atoms with Crippen LogP contribution in [-0.2, 0) is 4.74 Å². The number of carbonyl (C=O) groups excluding carboxylic acids is 1. The minimum atomic E-state index is -0.631. The number of morpholine rings is 1. The lowest BCUT2D eigenvalue weighted by Gasteiger charge is -2.24. The van der Waals surface area contributed by atoms with Gasteiger partial charge in [-0.05, 0) is 35.9 Å². The third-order valence-electron chi connectivity index (χ3n) is 4.55. The summed E-state index contributed by atoms with van der Waals surface area (Å²) in [7, 11) is 0. The molecule has 0 spiro atoms. The Bertz CT molecular complexity index is 962. The summed E-state index contributed by atoms with van der Waals surface area (Å²) in [5.41, 5.74) is 8.07. The standard InChI is InChI=1S/C20H19FN4O2/c21-16-4-2-1-3-15(16)17-11-18(20(22)26)25(24-17)14-7-5-13(6-8-14)19-12-23-9-10-27-19/h1-8,11,19,23H,9-10,12H2,(H2,22,26)/t19-/m1/s1. The van der Waals surface area contributed by atoms with Crippen molar-refractivity contribution in [3.8, 4) is 16.9 Å². The Balaban J connectivity index is 1.70. The fraction of sp³-hybridized carbons (Fsp3) is 0.200. The van der Waals surface area contributed by atoms with Crippen molar-refractivity contribution in [2.24, 2.45) is 5.73 Å². The zero-order chi connectivity index (χ0) is 18.8. The van der Waals surface area contributed by atoms with E-state index < -0.39 is 11.7 Å². The van der Waals surface area contributed by atoms with Crippen molar-refractivity contribution < 1.29 is 13.9 Å². The van der Waals surface area contributed by atoms with Gasteiger partial charge >= 0.3 is 0 Å². The number of nitrogens with zero attached hydrogens (tertiary/aromatic N) is 2. The zero-order valence-corrected chi connectivity index (χ0v) is 14.6. The van der Waals surface area contributed by atoms with Gasteiger partial charge in [0.2, 0.25) is 0 Å². The van der Waals surface area contributed by atoms with Crippen molar-refractivity contribution in [3.63, 3.8) is 0 Å². The SMILES string of the molecule is NC(=O)c1cc(-c2ccccc2F)nn1-c1ccc([C@H]2CNCCO2)cc1. The Morgan fingerprint density at radius 2 is 2.00 bits per heavy atom. The highest BCUT2D eigenvalue weighted by Crippen LogP contribution is 2.25. The number of hydrogen-bond donors (Lipinski definition) is 2. The van der Waals surface area contributed by atoms with E-state index in [1.165, 1.54) is 16.8 Å². The van der Waals surface area contributed by atoms with Crippen LogP contribution < -0.4 is 11.1 Å². The molecular weight excluding hydrogens is 347 g/mol. The molecule has 1 atom stereocenters. The molecule has 1 fully saturated rings. The molecule has 0 saturated carbocycles. The largest absolute Gasteiger partial charge is 0.371 e. The van der Waals surface area contributed by atoms with Gasteiger partial charge in [0, 0.05) is 18.7 Å². The zero-order valence-electron chi connectivity index (χ0n) is 14.6. The second-order valence-electron chi connectivity index (χ2n) is 6.33. The maximum atomic E-state index is 14.1. The fourth-order valence-electron chi connectivity index (χ4n) is 3.16. The second kappa shape index (κ2) is 7.30. The van der Waals surface area contributed by atoms with Crippen molar-refractivity contribution >= 4 is 5.91 Å². The van der Waals surface area contributed by atoms with Crippen LogP contribution >= 0.6 is 0 Å². The molecule has 7 heteroatoms. The lowest BCUT2D eigenvalue weighted by Crippen LogP contribution is -2.33. The highest BCUT2D eigenvalue weighted by Gasteiger charge is 2.19. The normalized spacial score (nSPS) is 17.0. The Morgan fingerprint density at radius 3 is 2.67 bits per heavy atom. The second-order valence-corrected chi connectivity index (χ2v) is 6.33. The molecule has 2 aromatic carbocycles. The first-order valence-corrected chi connectivity index (χ1v) is 8.71. The van der Waals surface area contributed by atoms with Crippen molar-refractivity contribution in [1.29, 1.82) is 0 Å². The van der Waals surface area contributed by atoms with E-state index in [1.807, 2.05) is 24.3 Å². The van der Waals surface area contributed by atoms with Crippen LogP contribution in [0.1, 0.15) is 22.2 Å². The smallest absolute Gasteiger partial charge is 0.267 e. The minimum Gasteiger partial charge on any atom is -0.371 e. The maximum absolute atomic E-state index is 14.1. The number of halogens is 1. The van der Waals surface area contributed by atoms with E-state index in [9.17, 15) is 9.18 Å². The topological polar surface area (TPSA) is 82.2 Å². The number of nitrogens with one attached hydrogen (secondary N) is 1. The van der Waals surface area contributed by atoms with Gasteiger partial charge in [-0.1, -0.05) is 24.3 Å². The monoisotopic (exact) mass is 366 g/mol. The summed E-state index contributed by atoms with van der Waals surface area (Å²) in [5.74, 6) is -1.04. The van der Waals surface area contributed by atoms with E-state index in [-0.39, 0.29) is 11.8 Å². The number of hydrogen-bond acceptors (Lipinski definition) is 4. The Hall–Kier alpha value is -3.03. The number of primary amides is 1. The van der Waals surface area contributed by atoms with E-state index in [0.29, 0.717) is 23.6 Å². The summed E-state index contributed by atoms with van der Waals surface area (Å²) >= 11 is 0. The summed E-state index contributed by atoms with van der Waals surface area (Å²) in [6.45, 7) is 2.27. The average molecular weight is 366 g/mol. The van der Waals surface area contributed by atoms with E-state index >= 15 is 0 Å². The van der Waals surface area contributed by atoms with Gasteiger partial charge in [-0.15, -0.1) is 0 Å². The molecule has 0 radical (unpaired) electrons. The van der Waals surface area contributed by atoms with Crippen LogP contribution in [0.4, 0.5) is 4.39 Å². The maximum Gasteiger partial charge on any atom is 0.267 e. The molecule has 1 aliphatic heterocycles.